The van der Waals surface area contributed by atoms with Gasteiger partial charge in [0.25, 0.3) is 0 Å². The molecule has 0 atom stereocenters. The lowest BCUT2D eigenvalue weighted by Gasteiger charge is -2.03. The van der Waals surface area contributed by atoms with Gasteiger partial charge in [-0.15, -0.1) is 24.8 Å². The van der Waals surface area contributed by atoms with Crippen LogP contribution in [-0.2, 0) is 12.8 Å². The molecule has 1 aliphatic carbocycles. The third kappa shape index (κ3) is 2.58. The van der Waals surface area contributed by atoms with E-state index in [1.54, 1.807) is 0 Å². The molecular weight excluding hydrogens is 207 g/mol. The van der Waals surface area contributed by atoms with Crippen molar-refractivity contribution in [1.82, 2.24) is 5.43 Å². The minimum atomic E-state index is 0. The highest BCUT2D eigenvalue weighted by Crippen LogP contribution is 2.20. The zero-order valence-corrected chi connectivity index (χ0v) is 8.83. The lowest BCUT2D eigenvalue weighted by atomic mass is 10.1. The SMILES string of the molecule is Cl.Cl.NNC1Cc2ccccc2C1. The number of hydrogen-bond acceptors (Lipinski definition) is 2. The van der Waals surface area contributed by atoms with Crippen molar-refractivity contribution in [1.29, 1.82) is 0 Å². The molecule has 0 unspecified atom stereocenters. The Bertz CT molecular complexity index is 241. The van der Waals surface area contributed by atoms with Gasteiger partial charge in [0.05, 0.1) is 0 Å². The summed E-state index contributed by atoms with van der Waals surface area (Å²) in [6.07, 6.45) is 2.15. The summed E-state index contributed by atoms with van der Waals surface area (Å²) in [5.41, 5.74) is 5.69. The van der Waals surface area contributed by atoms with Crippen LogP contribution in [0.2, 0.25) is 0 Å². The largest absolute Gasteiger partial charge is 0.271 e. The van der Waals surface area contributed by atoms with Gasteiger partial charge < -0.3 is 0 Å². The van der Waals surface area contributed by atoms with E-state index in [4.69, 9.17) is 5.84 Å². The van der Waals surface area contributed by atoms with Crippen LogP contribution in [0.1, 0.15) is 11.1 Å². The summed E-state index contributed by atoms with van der Waals surface area (Å²) >= 11 is 0. The highest BCUT2D eigenvalue weighted by molar-refractivity contribution is 5.85. The molecule has 0 saturated carbocycles. The minimum absolute atomic E-state index is 0. The quantitative estimate of drug-likeness (QED) is 0.556. The van der Waals surface area contributed by atoms with Crippen molar-refractivity contribution in [3.8, 4) is 0 Å². The predicted octanol–water partition coefficient (Wildman–Crippen LogP) is 1.46. The van der Waals surface area contributed by atoms with Crippen LogP contribution in [-0.4, -0.2) is 6.04 Å². The van der Waals surface area contributed by atoms with E-state index in [9.17, 15) is 0 Å². The summed E-state index contributed by atoms with van der Waals surface area (Å²) in [4.78, 5) is 0. The first kappa shape index (κ1) is 12.7. The molecule has 0 heterocycles. The molecule has 0 fully saturated rings. The van der Waals surface area contributed by atoms with E-state index in [0.29, 0.717) is 6.04 Å². The van der Waals surface area contributed by atoms with E-state index in [1.165, 1.54) is 11.1 Å². The van der Waals surface area contributed by atoms with E-state index in [0.717, 1.165) is 12.8 Å². The van der Waals surface area contributed by atoms with Gasteiger partial charge in [-0.05, 0) is 24.0 Å². The Morgan fingerprint density at radius 3 is 1.92 bits per heavy atom. The molecule has 0 aliphatic heterocycles. The zero-order chi connectivity index (χ0) is 7.68. The van der Waals surface area contributed by atoms with Crippen LogP contribution in [0.25, 0.3) is 0 Å². The Balaban J connectivity index is 0.000000720. The molecule has 0 bridgehead atoms. The molecule has 1 aromatic rings. The topological polar surface area (TPSA) is 38.0 Å². The van der Waals surface area contributed by atoms with Crippen molar-refractivity contribution in [3.05, 3.63) is 35.4 Å². The minimum Gasteiger partial charge on any atom is -0.271 e. The summed E-state index contributed by atoms with van der Waals surface area (Å²) < 4.78 is 0. The summed E-state index contributed by atoms with van der Waals surface area (Å²) in [5.74, 6) is 5.36. The molecule has 74 valence electrons. The second-order valence-corrected chi connectivity index (χ2v) is 3.04. The number of halogens is 2. The Hall–Kier alpha value is -0.280. The van der Waals surface area contributed by atoms with E-state index in [2.05, 4.69) is 29.7 Å². The Morgan fingerprint density at radius 1 is 1.08 bits per heavy atom. The molecular formula is C9H14Cl2N2. The third-order valence-electron chi connectivity index (χ3n) is 2.29. The fraction of sp³-hybridized carbons (Fsp3) is 0.333. The zero-order valence-electron chi connectivity index (χ0n) is 7.19. The van der Waals surface area contributed by atoms with Crippen LogP contribution in [0.15, 0.2) is 24.3 Å². The summed E-state index contributed by atoms with van der Waals surface area (Å²) in [6, 6.07) is 8.96. The smallest absolute Gasteiger partial charge is 0.0291 e. The maximum atomic E-state index is 5.36. The molecule has 0 radical (unpaired) electrons. The predicted molar refractivity (Wildman–Crippen MR) is 59.5 cm³/mol. The van der Waals surface area contributed by atoms with Gasteiger partial charge >= 0.3 is 0 Å². The van der Waals surface area contributed by atoms with Gasteiger partial charge in [-0.1, -0.05) is 24.3 Å². The monoisotopic (exact) mass is 220 g/mol. The van der Waals surface area contributed by atoms with Gasteiger partial charge in [-0.3, -0.25) is 11.3 Å². The van der Waals surface area contributed by atoms with Gasteiger partial charge in [0.2, 0.25) is 0 Å². The van der Waals surface area contributed by atoms with Crippen LogP contribution in [0, 0.1) is 0 Å². The fourth-order valence-electron chi connectivity index (χ4n) is 1.68. The third-order valence-corrected chi connectivity index (χ3v) is 2.29. The number of fused-ring (bicyclic) bond motifs is 1. The van der Waals surface area contributed by atoms with Crippen molar-refractivity contribution < 1.29 is 0 Å². The number of hydrazine groups is 1. The molecule has 0 spiro atoms. The molecule has 0 saturated heterocycles. The number of nitrogens with two attached hydrogens (primary N) is 1. The summed E-state index contributed by atoms with van der Waals surface area (Å²) in [5, 5.41) is 0. The molecule has 0 aromatic heterocycles. The lowest BCUT2D eigenvalue weighted by molar-refractivity contribution is 0.554. The first-order valence-corrected chi connectivity index (χ1v) is 3.93. The maximum Gasteiger partial charge on any atom is 0.0291 e. The second-order valence-electron chi connectivity index (χ2n) is 3.04. The van der Waals surface area contributed by atoms with Crippen LogP contribution >= 0.6 is 24.8 Å². The highest BCUT2D eigenvalue weighted by atomic mass is 35.5. The van der Waals surface area contributed by atoms with E-state index >= 15 is 0 Å². The van der Waals surface area contributed by atoms with Gasteiger partial charge in [-0.25, -0.2) is 0 Å². The normalized spacial score (nSPS) is 14.2. The molecule has 0 amide bonds. The Labute approximate surface area is 90.7 Å². The lowest BCUT2D eigenvalue weighted by Crippen LogP contribution is -2.35. The number of hydrogen-bond donors (Lipinski definition) is 2. The average molecular weight is 221 g/mol. The van der Waals surface area contributed by atoms with E-state index < -0.39 is 0 Å². The van der Waals surface area contributed by atoms with Crippen LogP contribution in [0.5, 0.6) is 0 Å². The standard InChI is InChI=1S/C9H12N2.2ClH/c10-11-9-5-7-3-1-2-4-8(7)6-9;;/h1-4,9,11H,5-6,10H2;2*1H. The maximum absolute atomic E-state index is 5.36. The molecule has 1 aliphatic rings. The molecule has 4 heteroatoms. The fourth-order valence-corrected chi connectivity index (χ4v) is 1.68. The Kier molecular flexibility index (Phi) is 5.33. The van der Waals surface area contributed by atoms with Gasteiger partial charge in [-0.2, -0.15) is 0 Å². The first-order chi connectivity index (χ1) is 5.40. The first-order valence-electron chi connectivity index (χ1n) is 3.93. The van der Waals surface area contributed by atoms with Crippen molar-refractivity contribution in [2.75, 3.05) is 0 Å². The van der Waals surface area contributed by atoms with Crippen molar-refractivity contribution >= 4 is 24.8 Å². The van der Waals surface area contributed by atoms with Gasteiger partial charge in [0.15, 0.2) is 0 Å². The number of benzene rings is 1. The second kappa shape index (κ2) is 5.45. The summed E-state index contributed by atoms with van der Waals surface area (Å²) in [7, 11) is 0. The van der Waals surface area contributed by atoms with Crippen LogP contribution < -0.4 is 11.3 Å². The van der Waals surface area contributed by atoms with Crippen LogP contribution in [0.3, 0.4) is 0 Å². The van der Waals surface area contributed by atoms with Crippen molar-refractivity contribution in [2.24, 2.45) is 5.84 Å². The molecule has 2 rings (SSSR count). The molecule has 3 N–H and O–H groups in total. The summed E-state index contributed by atoms with van der Waals surface area (Å²) in [6.45, 7) is 0. The molecule has 1 aromatic carbocycles. The van der Waals surface area contributed by atoms with E-state index in [-0.39, 0.29) is 24.8 Å². The van der Waals surface area contributed by atoms with Gasteiger partial charge in [0, 0.05) is 6.04 Å². The number of nitrogens with one attached hydrogen (secondary N) is 1. The molecule has 2 nitrogen and oxygen atoms in total. The number of rotatable bonds is 1. The van der Waals surface area contributed by atoms with E-state index in [1.807, 2.05) is 0 Å². The van der Waals surface area contributed by atoms with Crippen molar-refractivity contribution in [2.45, 2.75) is 18.9 Å². The van der Waals surface area contributed by atoms with Crippen LogP contribution in [0.4, 0.5) is 0 Å². The van der Waals surface area contributed by atoms with Gasteiger partial charge in [0.1, 0.15) is 0 Å². The Morgan fingerprint density at radius 2 is 1.54 bits per heavy atom. The van der Waals surface area contributed by atoms with Crippen molar-refractivity contribution in [3.63, 3.8) is 0 Å². The highest BCUT2D eigenvalue weighted by Gasteiger charge is 2.18. The molecule has 13 heavy (non-hydrogen) atoms. The average Bonchev–Trinajstić information content (AvgIpc) is 2.46.